The summed E-state index contributed by atoms with van der Waals surface area (Å²) in [6.07, 6.45) is -3.51. The number of aliphatic hydroxyl groups excluding tert-OH is 2. The number of phosphoric acid groups is 1. The molecule has 5 N–H and O–H groups in total. The van der Waals surface area contributed by atoms with E-state index >= 15 is 0 Å². The number of fused-ring (bicyclic) bond motifs is 1. The molecular formula is C10H13N4O9P. The van der Waals surface area contributed by atoms with Gasteiger partial charge < -0.3 is 29.9 Å². The lowest BCUT2D eigenvalue weighted by Crippen LogP contribution is -2.33. The van der Waals surface area contributed by atoms with Gasteiger partial charge in [0.15, 0.2) is 17.4 Å². The first-order chi connectivity index (χ1) is 11.2. The van der Waals surface area contributed by atoms with Crippen LogP contribution in [0.25, 0.3) is 11.2 Å². The molecule has 3 heterocycles. The minimum Gasteiger partial charge on any atom is -0.424 e. The zero-order valence-electron chi connectivity index (χ0n) is 11.8. The second-order valence-corrected chi connectivity index (χ2v) is 6.29. The molecule has 1 aliphatic rings. The van der Waals surface area contributed by atoms with Crippen LogP contribution in [0.4, 0.5) is 0 Å². The molecule has 4 atom stereocenters. The van der Waals surface area contributed by atoms with Crippen LogP contribution in [0.1, 0.15) is 6.23 Å². The summed E-state index contributed by atoms with van der Waals surface area (Å²) in [7, 11) is -4.77. The Hall–Kier alpha value is -1.86. The van der Waals surface area contributed by atoms with Crippen molar-refractivity contribution in [1.29, 1.82) is 0 Å². The van der Waals surface area contributed by atoms with Crippen molar-refractivity contribution < 1.29 is 39.0 Å². The lowest BCUT2D eigenvalue weighted by Gasteiger charge is -2.16. The van der Waals surface area contributed by atoms with Crippen molar-refractivity contribution in [2.45, 2.75) is 24.5 Å². The fourth-order valence-electron chi connectivity index (χ4n) is 2.36. The minimum atomic E-state index is -4.77. The van der Waals surface area contributed by atoms with Crippen LogP contribution in [-0.4, -0.2) is 69.4 Å². The van der Waals surface area contributed by atoms with E-state index in [2.05, 4.69) is 14.5 Å². The van der Waals surface area contributed by atoms with Gasteiger partial charge >= 0.3 is 13.4 Å². The first-order valence-electron chi connectivity index (χ1n) is 6.54. The number of imidazole rings is 1. The third-order valence-corrected chi connectivity index (χ3v) is 3.97. The fraction of sp³-hybridized carbons (Fsp3) is 0.500. The molecule has 0 saturated carbocycles. The molecule has 0 bridgehead atoms. The Morgan fingerprint density at radius 2 is 1.96 bits per heavy atom. The van der Waals surface area contributed by atoms with Crippen molar-refractivity contribution in [3.63, 3.8) is 0 Å². The largest absolute Gasteiger partial charge is 0.469 e. The molecule has 0 unspecified atom stereocenters. The van der Waals surface area contributed by atoms with Gasteiger partial charge in [0.2, 0.25) is 0 Å². The van der Waals surface area contributed by atoms with Gasteiger partial charge in [0.1, 0.15) is 24.6 Å². The van der Waals surface area contributed by atoms with E-state index in [0.717, 1.165) is 17.2 Å². The maximum atomic E-state index is 11.7. The van der Waals surface area contributed by atoms with Crippen LogP contribution in [0.15, 0.2) is 17.4 Å². The van der Waals surface area contributed by atoms with Gasteiger partial charge in [-0.25, -0.2) is 14.5 Å². The molecular weight excluding hydrogens is 351 g/mol. The predicted octanol–water partition coefficient (Wildman–Crippen LogP) is -2.44. The van der Waals surface area contributed by atoms with Crippen LogP contribution in [-0.2, 0) is 13.8 Å². The summed E-state index contributed by atoms with van der Waals surface area (Å²) in [5.41, 5.74) is -1.05. The van der Waals surface area contributed by atoms with Crippen LogP contribution >= 0.6 is 7.82 Å². The average molecular weight is 364 g/mol. The second-order valence-electron chi connectivity index (χ2n) is 5.05. The van der Waals surface area contributed by atoms with Crippen molar-refractivity contribution in [2.24, 2.45) is 0 Å². The van der Waals surface area contributed by atoms with Gasteiger partial charge in [0, 0.05) is 0 Å². The summed E-state index contributed by atoms with van der Waals surface area (Å²) in [4.78, 5) is 36.7. The summed E-state index contributed by atoms with van der Waals surface area (Å²) >= 11 is 0. The molecule has 1 fully saturated rings. The molecule has 13 nitrogen and oxygen atoms in total. The molecule has 1 aliphatic heterocycles. The van der Waals surface area contributed by atoms with Gasteiger partial charge in [0.25, 0.3) is 0 Å². The highest BCUT2D eigenvalue weighted by molar-refractivity contribution is 7.46. The van der Waals surface area contributed by atoms with E-state index in [0.29, 0.717) is 0 Å². The fourth-order valence-corrected chi connectivity index (χ4v) is 2.70. The molecule has 0 aliphatic carbocycles. The van der Waals surface area contributed by atoms with Gasteiger partial charge in [0.05, 0.1) is 12.9 Å². The summed E-state index contributed by atoms with van der Waals surface area (Å²) in [5.74, 6) is 0. The van der Waals surface area contributed by atoms with Gasteiger partial charge in [-0.15, -0.1) is 4.73 Å². The van der Waals surface area contributed by atoms with Crippen LogP contribution in [0.3, 0.4) is 0 Å². The number of phosphoric ester groups is 1. The molecule has 132 valence electrons. The molecule has 14 heteroatoms. The second kappa shape index (κ2) is 5.89. The number of aliphatic hydroxyl groups is 2. The number of hydrogen-bond donors (Lipinski definition) is 5. The van der Waals surface area contributed by atoms with Crippen molar-refractivity contribution in [3.8, 4) is 0 Å². The van der Waals surface area contributed by atoms with Gasteiger partial charge in [-0.2, -0.15) is 0 Å². The highest BCUT2D eigenvalue weighted by atomic mass is 31.2. The maximum absolute atomic E-state index is 11.7. The lowest BCUT2D eigenvalue weighted by atomic mass is 10.1. The molecule has 1 saturated heterocycles. The summed E-state index contributed by atoms with van der Waals surface area (Å²) in [6, 6.07) is 0. The number of aromatic nitrogens is 4. The van der Waals surface area contributed by atoms with Crippen molar-refractivity contribution in [1.82, 2.24) is 19.3 Å². The van der Waals surface area contributed by atoms with E-state index in [4.69, 9.17) is 14.5 Å². The van der Waals surface area contributed by atoms with E-state index < -0.39 is 44.5 Å². The Morgan fingerprint density at radius 3 is 2.62 bits per heavy atom. The third kappa shape index (κ3) is 2.93. The molecule has 0 aromatic carbocycles. The zero-order valence-corrected chi connectivity index (χ0v) is 12.7. The molecule has 0 spiro atoms. The van der Waals surface area contributed by atoms with Gasteiger partial charge in [-0.1, -0.05) is 0 Å². The maximum Gasteiger partial charge on any atom is 0.469 e. The quantitative estimate of drug-likeness (QED) is 0.286. The first-order valence-corrected chi connectivity index (χ1v) is 8.07. The molecule has 2 aromatic heterocycles. The minimum absolute atomic E-state index is 0.0156. The summed E-state index contributed by atoms with van der Waals surface area (Å²) in [5, 5.41) is 29.3. The summed E-state index contributed by atoms with van der Waals surface area (Å²) < 4.78 is 21.7. The third-order valence-electron chi connectivity index (χ3n) is 3.49. The van der Waals surface area contributed by atoms with Gasteiger partial charge in [-0.3, -0.25) is 13.9 Å². The summed E-state index contributed by atoms with van der Waals surface area (Å²) in [6.45, 7) is -0.664. The van der Waals surface area contributed by atoms with E-state index in [1.54, 1.807) is 0 Å². The van der Waals surface area contributed by atoms with E-state index in [1.807, 2.05) is 0 Å². The Labute approximate surface area is 132 Å². The number of ether oxygens (including phenoxy) is 1. The topological polar surface area (TPSA) is 189 Å². The highest BCUT2D eigenvalue weighted by Crippen LogP contribution is 2.38. The lowest BCUT2D eigenvalue weighted by molar-refractivity contribution is -0.0504. The Balaban J connectivity index is 1.89. The average Bonchev–Trinajstić information content (AvgIpc) is 3.04. The zero-order chi connectivity index (χ0) is 17.6. The molecule has 2 aromatic rings. The smallest absolute Gasteiger partial charge is 0.424 e. The first kappa shape index (κ1) is 17.0. The van der Waals surface area contributed by atoms with E-state index in [-0.39, 0.29) is 15.9 Å². The standard InChI is InChI=1S/C10H13N4O9P/c15-6-4(1-22-24(19,20)21)23-10(7(6)16)13-2-11-5-8(13)12-3-14(18)9(5)17/h2-4,6-7,10,15-16,18H,1H2,(H2,19,20,21)/t4-,6-,7+,10-/m1/s1. The Bertz CT molecular complexity index is 860. The van der Waals surface area contributed by atoms with Gasteiger partial charge in [-0.05, 0) is 0 Å². The van der Waals surface area contributed by atoms with Crippen molar-refractivity contribution in [3.05, 3.63) is 23.0 Å². The van der Waals surface area contributed by atoms with E-state index in [1.165, 1.54) is 0 Å². The van der Waals surface area contributed by atoms with Crippen molar-refractivity contribution in [2.75, 3.05) is 6.61 Å². The van der Waals surface area contributed by atoms with Crippen LogP contribution in [0.5, 0.6) is 0 Å². The highest BCUT2D eigenvalue weighted by Gasteiger charge is 2.45. The number of hydrogen-bond acceptors (Lipinski definition) is 9. The number of nitrogens with zero attached hydrogens (tertiary/aromatic N) is 4. The predicted molar refractivity (Wildman–Crippen MR) is 72.9 cm³/mol. The van der Waals surface area contributed by atoms with Crippen molar-refractivity contribution >= 4 is 19.0 Å². The van der Waals surface area contributed by atoms with Crippen LogP contribution in [0.2, 0.25) is 0 Å². The Morgan fingerprint density at radius 1 is 1.25 bits per heavy atom. The van der Waals surface area contributed by atoms with E-state index in [9.17, 15) is 24.8 Å². The molecule has 0 amide bonds. The molecule has 24 heavy (non-hydrogen) atoms. The SMILES string of the molecule is O=c1c2ncn([C@@H]3O[C@H](COP(=O)(O)O)[C@@H](O)[C@@H]3O)c2ncn1O. The molecule has 3 rings (SSSR count). The van der Waals surface area contributed by atoms with Crippen LogP contribution in [0, 0.1) is 0 Å². The monoisotopic (exact) mass is 364 g/mol. The number of rotatable bonds is 4. The van der Waals surface area contributed by atoms with Crippen LogP contribution < -0.4 is 5.56 Å². The normalized spacial score (nSPS) is 27.8. The molecule has 0 radical (unpaired) electrons. The Kier molecular flexibility index (Phi) is 4.17.